The lowest BCUT2D eigenvalue weighted by molar-refractivity contribution is -0.137. The Hall–Kier alpha value is -4.04. The molecule has 0 spiro atoms. The van der Waals surface area contributed by atoms with Crippen molar-refractivity contribution in [2.75, 3.05) is 0 Å². The number of hydrogen-bond acceptors (Lipinski definition) is 4. The second-order valence-corrected chi connectivity index (χ2v) is 8.96. The van der Waals surface area contributed by atoms with Crippen molar-refractivity contribution in [2.24, 2.45) is 5.10 Å². The highest BCUT2D eigenvalue weighted by Crippen LogP contribution is 2.36. The van der Waals surface area contributed by atoms with Crippen LogP contribution in [0.4, 0.5) is 13.2 Å². The smallest absolute Gasteiger partial charge is 0.416 e. The third-order valence-corrected chi connectivity index (χ3v) is 6.39. The first-order valence-corrected chi connectivity index (χ1v) is 11.6. The fraction of sp³-hybridized carbons (Fsp3) is 0.111. The van der Waals surface area contributed by atoms with E-state index in [1.807, 2.05) is 65.5 Å². The van der Waals surface area contributed by atoms with Crippen LogP contribution >= 0.6 is 11.6 Å². The highest BCUT2D eigenvalue weighted by molar-refractivity contribution is 6.30. The van der Waals surface area contributed by atoms with E-state index in [9.17, 15) is 13.2 Å². The molecule has 1 aliphatic rings. The molecule has 36 heavy (non-hydrogen) atoms. The molecule has 6 rings (SSSR count). The SMILES string of the molecule is FC(F)(F)c1ccc2cc(C3=NNC(c4cn(-c5ccccc5)nc4-c4ccc(Cl)cc4)C3)oc2c1. The zero-order chi connectivity index (χ0) is 24.9. The number of furan rings is 1. The molecular weight excluding hydrogens is 489 g/mol. The summed E-state index contributed by atoms with van der Waals surface area (Å²) < 4.78 is 46.9. The van der Waals surface area contributed by atoms with Crippen LogP contribution in [0.3, 0.4) is 0 Å². The van der Waals surface area contributed by atoms with Crippen LogP contribution in [0.1, 0.15) is 29.3 Å². The van der Waals surface area contributed by atoms with Gasteiger partial charge in [-0.25, -0.2) is 4.68 Å². The van der Waals surface area contributed by atoms with Gasteiger partial charge >= 0.3 is 6.18 Å². The first kappa shape index (κ1) is 22.4. The molecule has 1 atom stereocenters. The molecular formula is C27H18ClF3N4O. The molecule has 0 fully saturated rings. The summed E-state index contributed by atoms with van der Waals surface area (Å²) in [5, 5.41) is 10.5. The van der Waals surface area contributed by atoms with E-state index in [4.69, 9.17) is 21.1 Å². The number of alkyl halides is 3. The number of fused-ring (bicyclic) bond motifs is 1. The Kier molecular flexibility index (Phi) is 5.34. The van der Waals surface area contributed by atoms with Gasteiger partial charge in [-0.1, -0.05) is 48.0 Å². The Labute approximate surface area is 208 Å². The van der Waals surface area contributed by atoms with Gasteiger partial charge in [-0.15, -0.1) is 0 Å². The molecule has 0 radical (unpaired) electrons. The predicted octanol–water partition coefficient (Wildman–Crippen LogP) is 7.40. The van der Waals surface area contributed by atoms with Gasteiger partial charge in [-0.3, -0.25) is 0 Å². The van der Waals surface area contributed by atoms with Crippen LogP contribution < -0.4 is 5.43 Å². The molecule has 5 aromatic rings. The maximum absolute atomic E-state index is 13.1. The zero-order valence-electron chi connectivity index (χ0n) is 18.6. The lowest BCUT2D eigenvalue weighted by Crippen LogP contribution is -2.10. The standard InChI is InChI=1S/C27H18ClF3N4O/c28-19-10-7-16(8-11-19)26-21(15-35(34-26)20-4-2-1-3-5-20)22-14-23(33-32-22)25-12-17-6-9-18(27(29,30)31)13-24(17)36-25/h1-13,15,22,32H,14H2. The van der Waals surface area contributed by atoms with Gasteiger partial charge in [0.15, 0.2) is 5.76 Å². The molecule has 0 bridgehead atoms. The minimum absolute atomic E-state index is 0.171. The summed E-state index contributed by atoms with van der Waals surface area (Å²) in [5.41, 5.74) is 6.73. The number of aromatic nitrogens is 2. The van der Waals surface area contributed by atoms with E-state index in [1.165, 1.54) is 6.07 Å². The van der Waals surface area contributed by atoms with Crippen molar-refractivity contribution in [1.29, 1.82) is 0 Å². The van der Waals surface area contributed by atoms with E-state index in [0.29, 0.717) is 28.3 Å². The summed E-state index contributed by atoms with van der Waals surface area (Å²) in [7, 11) is 0. The summed E-state index contributed by atoms with van der Waals surface area (Å²) in [6, 6.07) is 22.2. The van der Waals surface area contributed by atoms with Crippen LogP contribution in [0.5, 0.6) is 0 Å². The maximum Gasteiger partial charge on any atom is 0.416 e. The number of nitrogens with zero attached hydrogens (tertiary/aromatic N) is 3. The second-order valence-electron chi connectivity index (χ2n) is 8.53. The Balaban J connectivity index is 1.33. The van der Waals surface area contributed by atoms with Crippen molar-refractivity contribution in [3.63, 3.8) is 0 Å². The van der Waals surface area contributed by atoms with Crippen LogP contribution in [0.25, 0.3) is 27.9 Å². The van der Waals surface area contributed by atoms with Crippen molar-refractivity contribution in [1.82, 2.24) is 15.2 Å². The number of nitrogens with one attached hydrogen (secondary N) is 1. The molecule has 2 aromatic heterocycles. The van der Waals surface area contributed by atoms with Crippen molar-refractivity contribution < 1.29 is 17.6 Å². The molecule has 3 aromatic carbocycles. The van der Waals surface area contributed by atoms with Gasteiger partial charge in [-0.2, -0.15) is 23.4 Å². The molecule has 1 unspecified atom stereocenters. The van der Waals surface area contributed by atoms with E-state index < -0.39 is 11.7 Å². The molecule has 5 nitrogen and oxygen atoms in total. The number of benzene rings is 3. The fourth-order valence-corrected chi connectivity index (χ4v) is 4.44. The molecule has 0 amide bonds. The Bertz CT molecular complexity index is 1590. The monoisotopic (exact) mass is 506 g/mol. The van der Waals surface area contributed by atoms with E-state index in [-0.39, 0.29) is 11.6 Å². The number of hydrogen-bond donors (Lipinski definition) is 1. The molecule has 0 saturated heterocycles. The summed E-state index contributed by atoms with van der Waals surface area (Å²) in [6.45, 7) is 0. The van der Waals surface area contributed by atoms with Crippen LogP contribution in [0.15, 0.2) is 94.6 Å². The Morgan fingerprint density at radius 1 is 0.972 bits per heavy atom. The second kappa shape index (κ2) is 8.57. The molecule has 9 heteroatoms. The van der Waals surface area contributed by atoms with E-state index in [2.05, 4.69) is 10.5 Å². The van der Waals surface area contributed by atoms with E-state index >= 15 is 0 Å². The van der Waals surface area contributed by atoms with Gasteiger partial charge in [-0.05, 0) is 42.5 Å². The zero-order valence-corrected chi connectivity index (χ0v) is 19.4. The van der Waals surface area contributed by atoms with Crippen LogP contribution in [-0.4, -0.2) is 15.5 Å². The van der Waals surface area contributed by atoms with Crippen molar-refractivity contribution in [3.05, 3.63) is 107 Å². The third kappa shape index (κ3) is 4.13. The third-order valence-electron chi connectivity index (χ3n) is 6.14. The van der Waals surface area contributed by atoms with Crippen LogP contribution in [0, 0.1) is 0 Å². The highest BCUT2D eigenvalue weighted by atomic mass is 35.5. The topological polar surface area (TPSA) is 55.4 Å². The van der Waals surface area contributed by atoms with Gasteiger partial charge in [0.25, 0.3) is 0 Å². The first-order chi connectivity index (χ1) is 17.3. The van der Waals surface area contributed by atoms with Gasteiger partial charge in [0.2, 0.25) is 0 Å². The normalized spacial score (nSPS) is 15.8. The molecule has 0 saturated carbocycles. The van der Waals surface area contributed by atoms with Crippen molar-refractivity contribution >= 4 is 28.3 Å². The number of para-hydroxylation sites is 1. The number of halogens is 4. The lowest BCUT2D eigenvalue weighted by atomic mass is 9.99. The average Bonchev–Trinajstić information content (AvgIpc) is 3.61. The lowest BCUT2D eigenvalue weighted by Gasteiger charge is -2.10. The quantitative estimate of drug-likeness (QED) is 0.276. The van der Waals surface area contributed by atoms with Crippen molar-refractivity contribution in [3.8, 4) is 16.9 Å². The van der Waals surface area contributed by atoms with Gasteiger partial charge in [0.05, 0.1) is 23.0 Å². The maximum atomic E-state index is 13.1. The summed E-state index contributed by atoms with van der Waals surface area (Å²) in [5.74, 6) is 0.433. The summed E-state index contributed by atoms with van der Waals surface area (Å²) >= 11 is 6.09. The van der Waals surface area contributed by atoms with Crippen LogP contribution in [0.2, 0.25) is 5.02 Å². The summed E-state index contributed by atoms with van der Waals surface area (Å²) in [4.78, 5) is 0. The van der Waals surface area contributed by atoms with Gasteiger partial charge in [0, 0.05) is 34.2 Å². The first-order valence-electron chi connectivity index (χ1n) is 11.2. The predicted molar refractivity (Wildman–Crippen MR) is 132 cm³/mol. The molecule has 0 aliphatic carbocycles. The van der Waals surface area contributed by atoms with Gasteiger partial charge < -0.3 is 9.84 Å². The minimum atomic E-state index is -4.43. The fourth-order valence-electron chi connectivity index (χ4n) is 4.31. The molecule has 180 valence electrons. The number of rotatable bonds is 4. The highest BCUT2D eigenvalue weighted by Gasteiger charge is 2.32. The van der Waals surface area contributed by atoms with Crippen LogP contribution in [-0.2, 0) is 6.18 Å². The van der Waals surface area contributed by atoms with Gasteiger partial charge in [0.1, 0.15) is 11.3 Å². The minimum Gasteiger partial charge on any atom is -0.455 e. The Morgan fingerprint density at radius 3 is 2.50 bits per heavy atom. The van der Waals surface area contributed by atoms with E-state index in [1.54, 1.807) is 6.07 Å². The largest absolute Gasteiger partial charge is 0.455 e. The Morgan fingerprint density at radius 2 is 1.75 bits per heavy atom. The van der Waals surface area contributed by atoms with E-state index in [0.717, 1.165) is 34.6 Å². The van der Waals surface area contributed by atoms with Crippen molar-refractivity contribution in [2.45, 2.75) is 18.6 Å². The molecule has 3 heterocycles. The number of hydrazone groups is 1. The molecule has 1 aliphatic heterocycles. The summed E-state index contributed by atoms with van der Waals surface area (Å²) in [6.07, 6.45) is -1.99. The molecule has 1 N–H and O–H groups in total. The average molecular weight is 507 g/mol.